The Balaban J connectivity index is 2.41. The quantitative estimate of drug-likeness (QED) is 0.789. The van der Waals surface area contributed by atoms with Gasteiger partial charge in [-0.3, -0.25) is 0 Å². The molecule has 0 heterocycles. The van der Waals surface area contributed by atoms with Gasteiger partial charge in [-0.1, -0.05) is 60.5 Å². The van der Waals surface area contributed by atoms with Crippen molar-refractivity contribution in [3.8, 4) is 0 Å². The first-order valence-corrected chi connectivity index (χ1v) is 9.05. The average Bonchev–Trinajstić information content (AvgIpc) is 2.49. The topological polar surface area (TPSA) is 37.4 Å². The minimum Gasteiger partial charge on any atom is -0.207 e. The monoisotopic (exact) mass is 357 g/mol. The van der Waals surface area contributed by atoms with Crippen LogP contribution in [0.5, 0.6) is 0 Å². The summed E-state index contributed by atoms with van der Waals surface area (Å²) in [6, 6.07) is 12.5. The van der Waals surface area contributed by atoms with E-state index in [1.165, 1.54) is 10.4 Å². The highest BCUT2D eigenvalue weighted by molar-refractivity contribution is 7.89. The van der Waals surface area contributed by atoms with Crippen LogP contribution in [0.2, 0.25) is 10.0 Å². The molecule has 118 valence electrons. The van der Waals surface area contributed by atoms with Crippen LogP contribution in [0, 0.1) is 6.92 Å². The van der Waals surface area contributed by atoms with Crippen LogP contribution in [0.3, 0.4) is 0 Å². The largest absolute Gasteiger partial charge is 0.243 e. The second-order valence-corrected chi connectivity index (χ2v) is 7.67. The molecule has 0 amide bonds. The number of benzene rings is 2. The summed E-state index contributed by atoms with van der Waals surface area (Å²) in [5, 5.41) is 0.589. The second kappa shape index (κ2) is 7.01. The molecule has 0 saturated heterocycles. The number of hydrogen-bond acceptors (Lipinski definition) is 2. The molecule has 0 bridgehead atoms. The molecule has 0 radical (unpaired) electrons. The molecular formula is C16H17Cl2NO2S. The van der Waals surface area contributed by atoms with E-state index in [1.807, 2.05) is 37.3 Å². The van der Waals surface area contributed by atoms with E-state index in [-0.39, 0.29) is 9.92 Å². The summed E-state index contributed by atoms with van der Waals surface area (Å²) in [6.07, 6.45) is 0. The third-order valence-corrected chi connectivity index (χ3v) is 6.18. The fourth-order valence-electron chi connectivity index (χ4n) is 2.20. The van der Waals surface area contributed by atoms with Crippen molar-refractivity contribution in [1.29, 1.82) is 0 Å². The van der Waals surface area contributed by atoms with Gasteiger partial charge in [0.1, 0.15) is 0 Å². The number of aryl methyl sites for hydroxylation is 1. The molecule has 2 aromatic rings. The van der Waals surface area contributed by atoms with Gasteiger partial charge in [-0.05, 0) is 30.2 Å². The standard InChI is InChI=1S/C16H17Cl2NO2S/c1-3-19(11-13-7-5-4-6-8-13)22(20,21)16-10-15(18)14(17)9-12(16)2/h4-10H,3,11H2,1-2H3. The summed E-state index contributed by atoms with van der Waals surface area (Å²) in [5.41, 5.74) is 1.52. The van der Waals surface area contributed by atoms with E-state index in [0.717, 1.165) is 5.56 Å². The number of rotatable bonds is 5. The number of nitrogens with zero attached hydrogens (tertiary/aromatic N) is 1. The van der Waals surface area contributed by atoms with Gasteiger partial charge in [-0.25, -0.2) is 8.42 Å². The summed E-state index contributed by atoms with van der Waals surface area (Å²) in [7, 11) is -3.63. The Labute approximate surface area is 141 Å². The first-order valence-electron chi connectivity index (χ1n) is 6.86. The Morgan fingerprint density at radius 2 is 1.64 bits per heavy atom. The molecule has 6 heteroatoms. The van der Waals surface area contributed by atoms with Gasteiger partial charge in [-0.15, -0.1) is 0 Å². The van der Waals surface area contributed by atoms with Gasteiger partial charge in [0.05, 0.1) is 14.9 Å². The summed E-state index contributed by atoms with van der Waals surface area (Å²) >= 11 is 11.9. The molecule has 0 aliphatic carbocycles. The maximum absolute atomic E-state index is 12.9. The lowest BCUT2D eigenvalue weighted by Crippen LogP contribution is -2.31. The van der Waals surface area contributed by atoms with Gasteiger partial charge in [-0.2, -0.15) is 4.31 Å². The van der Waals surface area contributed by atoms with Gasteiger partial charge in [0.15, 0.2) is 0 Å². The van der Waals surface area contributed by atoms with Crippen molar-refractivity contribution in [2.75, 3.05) is 6.54 Å². The second-order valence-electron chi connectivity index (χ2n) is 4.95. The van der Waals surface area contributed by atoms with E-state index in [2.05, 4.69) is 0 Å². The molecule has 0 aliphatic rings. The fourth-order valence-corrected chi connectivity index (χ4v) is 4.32. The van der Waals surface area contributed by atoms with Crippen molar-refractivity contribution in [2.45, 2.75) is 25.3 Å². The average molecular weight is 358 g/mol. The first-order chi connectivity index (χ1) is 10.4. The van der Waals surface area contributed by atoms with Crippen LogP contribution in [-0.2, 0) is 16.6 Å². The molecule has 2 aromatic carbocycles. The van der Waals surface area contributed by atoms with Crippen LogP contribution in [-0.4, -0.2) is 19.3 Å². The van der Waals surface area contributed by atoms with Gasteiger partial charge >= 0.3 is 0 Å². The van der Waals surface area contributed by atoms with Gasteiger partial charge in [0, 0.05) is 13.1 Å². The molecule has 0 N–H and O–H groups in total. The van der Waals surface area contributed by atoms with Crippen molar-refractivity contribution in [2.24, 2.45) is 0 Å². The van der Waals surface area contributed by atoms with Gasteiger partial charge in [0.2, 0.25) is 10.0 Å². The van der Waals surface area contributed by atoms with Gasteiger partial charge < -0.3 is 0 Å². The normalized spacial score (nSPS) is 11.9. The summed E-state index contributed by atoms with van der Waals surface area (Å²) in [4.78, 5) is 0.194. The maximum atomic E-state index is 12.9. The minimum absolute atomic E-state index is 0.194. The highest BCUT2D eigenvalue weighted by atomic mass is 35.5. The molecule has 0 atom stereocenters. The molecule has 0 spiro atoms. The zero-order chi connectivity index (χ0) is 16.3. The fraction of sp³-hybridized carbons (Fsp3) is 0.250. The minimum atomic E-state index is -3.63. The molecule has 0 saturated carbocycles. The zero-order valence-electron chi connectivity index (χ0n) is 12.4. The number of hydrogen-bond donors (Lipinski definition) is 0. The molecule has 0 aromatic heterocycles. The van der Waals surface area contributed by atoms with Crippen LogP contribution in [0.15, 0.2) is 47.4 Å². The molecule has 22 heavy (non-hydrogen) atoms. The summed E-state index contributed by atoms with van der Waals surface area (Å²) in [6.45, 7) is 4.22. The molecular weight excluding hydrogens is 341 g/mol. The lowest BCUT2D eigenvalue weighted by molar-refractivity contribution is 0.423. The SMILES string of the molecule is CCN(Cc1ccccc1)S(=O)(=O)c1cc(Cl)c(Cl)cc1C. The predicted octanol–water partition coefficient (Wildman–Crippen LogP) is 4.51. The highest BCUT2D eigenvalue weighted by Gasteiger charge is 2.25. The van der Waals surface area contributed by atoms with Crippen molar-refractivity contribution in [3.63, 3.8) is 0 Å². The van der Waals surface area contributed by atoms with E-state index in [4.69, 9.17) is 23.2 Å². The lowest BCUT2D eigenvalue weighted by atomic mass is 10.2. The Kier molecular flexibility index (Phi) is 5.50. The summed E-state index contributed by atoms with van der Waals surface area (Å²) in [5.74, 6) is 0. The third-order valence-electron chi connectivity index (χ3n) is 3.39. The smallest absolute Gasteiger partial charge is 0.207 e. The Morgan fingerprint density at radius 1 is 1.05 bits per heavy atom. The van der Waals surface area contributed by atoms with E-state index >= 15 is 0 Å². The first kappa shape index (κ1) is 17.3. The van der Waals surface area contributed by atoms with Crippen LogP contribution in [0.25, 0.3) is 0 Å². The van der Waals surface area contributed by atoms with Gasteiger partial charge in [0.25, 0.3) is 0 Å². The van der Waals surface area contributed by atoms with E-state index in [1.54, 1.807) is 13.0 Å². The summed E-state index contributed by atoms with van der Waals surface area (Å²) < 4.78 is 27.2. The van der Waals surface area contributed by atoms with E-state index in [9.17, 15) is 8.42 Å². The Bertz CT molecular complexity index is 761. The number of halogens is 2. The van der Waals surface area contributed by atoms with Crippen molar-refractivity contribution in [3.05, 3.63) is 63.6 Å². The molecule has 0 fully saturated rings. The van der Waals surface area contributed by atoms with Crippen molar-refractivity contribution < 1.29 is 8.42 Å². The highest BCUT2D eigenvalue weighted by Crippen LogP contribution is 2.30. The zero-order valence-corrected chi connectivity index (χ0v) is 14.7. The van der Waals surface area contributed by atoms with E-state index < -0.39 is 10.0 Å². The van der Waals surface area contributed by atoms with Crippen LogP contribution < -0.4 is 0 Å². The Hall–Kier alpha value is -1.07. The molecule has 0 unspecified atom stereocenters. The third kappa shape index (κ3) is 3.63. The van der Waals surface area contributed by atoms with Crippen LogP contribution in [0.4, 0.5) is 0 Å². The lowest BCUT2D eigenvalue weighted by Gasteiger charge is -2.22. The van der Waals surface area contributed by atoms with Crippen LogP contribution >= 0.6 is 23.2 Å². The number of sulfonamides is 1. The van der Waals surface area contributed by atoms with Crippen molar-refractivity contribution >= 4 is 33.2 Å². The Morgan fingerprint density at radius 3 is 2.23 bits per heavy atom. The molecule has 2 rings (SSSR count). The van der Waals surface area contributed by atoms with Crippen molar-refractivity contribution in [1.82, 2.24) is 4.31 Å². The predicted molar refractivity (Wildman–Crippen MR) is 90.9 cm³/mol. The van der Waals surface area contributed by atoms with Crippen LogP contribution in [0.1, 0.15) is 18.1 Å². The van der Waals surface area contributed by atoms with E-state index in [0.29, 0.717) is 23.7 Å². The maximum Gasteiger partial charge on any atom is 0.243 e. The molecule has 0 aliphatic heterocycles. The molecule has 3 nitrogen and oxygen atoms in total.